The van der Waals surface area contributed by atoms with Gasteiger partial charge in [-0.1, -0.05) is 32.9 Å². The first kappa shape index (κ1) is 13.6. The van der Waals surface area contributed by atoms with Crippen LogP contribution in [0, 0.1) is 0 Å². The highest BCUT2D eigenvalue weighted by Gasteiger charge is 2.07. The van der Waals surface area contributed by atoms with Crippen LogP contribution in [-0.4, -0.2) is 11.0 Å². The van der Waals surface area contributed by atoms with E-state index in [0.29, 0.717) is 12.6 Å². The molecule has 0 aliphatic carbocycles. The monoisotopic (exact) mass is 260 g/mol. The van der Waals surface area contributed by atoms with Gasteiger partial charge in [-0.3, -0.25) is 0 Å². The zero-order valence-electron chi connectivity index (χ0n) is 11.6. The highest BCUT2D eigenvalue weighted by Crippen LogP contribution is 2.21. The molecule has 4 heteroatoms. The van der Waals surface area contributed by atoms with Gasteiger partial charge in [-0.2, -0.15) is 4.98 Å². The molecule has 0 amide bonds. The van der Waals surface area contributed by atoms with Crippen molar-refractivity contribution in [3.63, 3.8) is 0 Å². The average molecular weight is 260 g/mol. The molecular formula is C15H20N2O2. The van der Waals surface area contributed by atoms with Gasteiger partial charge in [0, 0.05) is 12.6 Å². The topological polar surface area (TPSA) is 47.3 Å². The van der Waals surface area contributed by atoms with E-state index in [1.807, 2.05) is 18.2 Å². The summed E-state index contributed by atoms with van der Waals surface area (Å²) in [6.45, 7) is 6.97. The number of ether oxygens (including phenoxy) is 1. The van der Waals surface area contributed by atoms with Crippen LogP contribution in [0.5, 0.6) is 11.8 Å². The molecule has 0 unspecified atom stereocenters. The lowest BCUT2D eigenvalue weighted by Gasteiger charge is -2.04. The summed E-state index contributed by atoms with van der Waals surface area (Å²) in [4.78, 5) is 4.28. The van der Waals surface area contributed by atoms with Crippen LogP contribution in [0.4, 0.5) is 0 Å². The second kappa shape index (κ2) is 6.38. The molecule has 0 saturated heterocycles. The van der Waals surface area contributed by atoms with E-state index in [-0.39, 0.29) is 6.08 Å². The van der Waals surface area contributed by atoms with Gasteiger partial charge in [0.25, 0.3) is 0 Å². The van der Waals surface area contributed by atoms with E-state index in [0.717, 1.165) is 17.9 Å². The van der Waals surface area contributed by atoms with E-state index in [2.05, 4.69) is 37.1 Å². The summed E-state index contributed by atoms with van der Waals surface area (Å²) in [5.41, 5.74) is 2.07. The lowest BCUT2D eigenvalue weighted by Crippen LogP contribution is -2.21. The van der Waals surface area contributed by atoms with Crippen LogP contribution in [0.1, 0.15) is 32.0 Å². The van der Waals surface area contributed by atoms with E-state index in [4.69, 9.17) is 9.15 Å². The zero-order chi connectivity index (χ0) is 13.7. The van der Waals surface area contributed by atoms with Gasteiger partial charge in [-0.05, 0) is 24.1 Å². The second-order valence-electron chi connectivity index (χ2n) is 4.74. The minimum absolute atomic E-state index is 0.286. The Kier molecular flexibility index (Phi) is 4.58. The minimum Gasteiger partial charge on any atom is -0.417 e. The smallest absolute Gasteiger partial charge is 0.399 e. The highest BCUT2D eigenvalue weighted by molar-refractivity contribution is 5.30. The average Bonchev–Trinajstić information content (AvgIpc) is 2.84. The van der Waals surface area contributed by atoms with Crippen molar-refractivity contribution in [2.45, 2.75) is 39.8 Å². The molecule has 0 aliphatic heterocycles. The van der Waals surface area contributed by atoms with Crippen molar-refractivity contribution in [2.75, 3.05) is 0 Å². The van der Waals surface area contributed by atoms with Gasteiger partial charge in [0.15, 0.2) is 0 Å². The summed E-state index contributed by atoms with van der Waals surface area (Å²) in [5.74, 6) is 0.754. The van der Waals surface area contributed by atoms with Crippen LogP contribution in [-0.2, 0) is 13.0 Å². The molecule has 0 spiro atoms. The third-order valence-corrected chi connectivity index (χ3v) is 2.73. The summed E-state index contributed by atoms with van der Waals surface area (Å²) in [7, 11) is 0. The van der Waals surface area contributed by atoms with Crippen LogP contribution in [0.15, 0.2) is 34.9 Å². The molecule has 0 fully saturated rings. The Morgan fingerprint density at radius 3 is 2.95 bits per heavy atom. The van der Waals surface area contributed by atoms with Gasteiger partial charge in [0.05, 0.1) is 5.69 Å². The molecule has 2 rings (SSSR count). The first-order valence-electron chi connectivity index (χ1n) is 6.62. The molecule has 0 atom stereocenters. The third kappa shape index (κ3) is 4.10. The Morgan fingerprint density at radius 2 is 2.21 bits per heavy atom. The molecule has 19 heavy (non-hydrogen) atoms. The summed E-state index contributed by atoms with van der Waals surface area (Å²) in [6, 6.07) is 8.35. The van der Waals surface area contributed by atoms with Crippen LogP contribution in [0.2, 0.25) is 0 Å². The molecule has 1 aromatic carbocycles. The van der Waals surface area contributed by atoms with E-state index in [1.54, 1.807) is 6.26 Å². The minimum atomic E-state index is 0.286. The van der Waals surface area contributed by atoms with Crippen molar-refractivity contribution in [2.24, 2.45) is 0 Å². The Hall–Kier alpha value is -1.81. The maximum Gasteiger partial charge on any atom is 0.399 e. The first-order valence-corrected chi connectivity index (χ1v) is 6.62. The number of aryl methyl sites for hydroxylation is 1. The molecule has 1 aromatic heterocycles. The molecule has 0 saturated carbocycles. The largest absolute Gasteiger partial charge is 0.417 e. The number of hydrogen-bond acceptors (Lipinski definition) is 4. The molecular weight excluding hydrogens is 240 g/mol. The van der Waals surface area contributed by atoms with Crippen molar-refractivity contribution in [3.05, 3.63) is 41.8 Å². The van der Waals surface area contributed by atoms with Gasteiger partial charge >= 0.3 is 6.08 Å². The number of aromatic nitrogens is 1. The van der Waals surface area contributed by atoms with Crippen LogP contribution >= 0.6 is 0 Å². The Bertz CT molecular complexity index is 520. The molecule has 0 bridgehead atoms. The maximum absolute atomic E-state index is 5.60. The van der Waals surface area contributed by atoms with Crippen molar-refractivity contribution in [3.8, 4) is 11.8 Å². The molecule has 1 N–H and O–H groups in total. The third-order valence-electron chi connectivity index (χ3n) is 2.73. The maximum atomic E-state index is 5.60. The summed E-state index contributed by atoms with van der Waals surface area (Å²) in [6.07, 6.45) is 2.88. The molecule has 1 heterocycles. The Labute approximate surface area is 113 Å². The molecule has 4 nitrogen and oxygen atoms in total. The molecule has 2 aromatic rings. The van der Waals surface area contributed by atoms with E-state index in [1.165, 1.54) is 5.56 Å². The Morgan fingerprint density at radius 1 is 1.37 bits per heavy atom. The number of nitrogens with one attached hydrogen (secondary N) is 1. The van der Waals surface area contributed by atoms with Gasteiger partial charge in [0.1, 0.15) is 12.0 Å². The number of nitrogens with zero attached hydrogens (tertiary/aromatic N) is 1. The standard InChI is InChI=1S/C15H20N2O2/c1-4-12-6-5-7-14(8-12)19-15-17-13(10-18-15)9-16-11(2)3/h5-8,10-11,16H,4,9H2,1-3H3. The molecule has 0 aliphatic rings. The normalized spacial score (nSPS) is 10.9. The molecule has 0 radical (unpaired) electrons. The zero-order valence-corrected chi connectivity index (χ0v) is 11.6. The number of hydrogen-bond donors (Lipinski definition) is 1. The number of rotatable bonds is 6. The van der Waals surface area contributed by atoms with Crippen molar-refractivity contribution < 1.29 is 9.15 Å². The van der Waals surface area contributed by atoms with Crippen molar-refractivity contribution in [1.29, 1.82) is 0 Å². The van der Waals surface area contributed by atoms with Gasteiger partial charge in [-0.25, -0.2) is 0 Å². The van der Waals surface area contributed by atoms with Crippen LogP contribution in [0.3, 0.4) is 0 Å². The van der Waals surface area contributed by atoms with Gasteiger partial charge in [0.2, 0.25) is 0 Å². The van der Waals surface area contributed by atoms with E-state index >= 15 is 0 Å². The lowest BCUT2D eigenvalue weighted by atomic mass is 10.2. The van der Waals surface area contributed by atoms with E-state index in [9.17, 15) is 0 Å². The number of oxazole rings is 1. The summed E-state index contributed by atoms with van der Waals surface area (Å²) >= 11 is 0. The second-order valence-corrected chi connectivity index (χ2v) is 4.74. The quantitative estimate of drug-likeness (QED) is 0.863. The fourth-order valence-corrected chi connectivity index (χ4v) is 1.65. The van der Waals surface area contributed by atoms with Crippen molar-refractivity contribution >= 4 is 0 Å². The number of benzene rings is 1. The summed E-state index contributed by atoms with van der Waals surface area (Å²) < 4.78 is 10.9. The SMILES string of the molecule is CCc1cccc(Oc2nc(CNC(C)C)co2)c1. The fourth-order valence-electron chi connectivity index (χ4n) is 1.65. The molecule has 102 valence electrons. The highest BCUT2D eigenvalue weighted by atomic mass is 16.6. The first-order chi connectivity index (χ1) is 9.17. The summed E-state index contributed by atoms with van der Waals surface area (Å²) in [5, 5.41) is 3.28. The van der Waals surface area contributed by atoms with Crippen molar-refractivity contribution in [1.82, 2.24) is 10.3 Å². The van der Waals surface area contributed by atoms with E-state index < -0.39 is 0 Å². The fraction of sp³-hybridized carbons (Fsp3) is 0.400. The predicted octanol–water partition coefficient (Wildman–Crippen LogP) is 3.53. The van der Waals surface area contributed by atoms with Gasteiger partial charge < -0.3 is 14.5 Å². The Balaban J connectivity index is 1.99. The van der Waals surface area contributed by atoms with Gasteiger partial charge in [-0.15, -0.1) is 0 Å². The van der Waals surface area contributed by atoms with Crippen LogP contribution < -0.4 is 10.1 Å². The lowest BCUT2D eigenvalue weighted by molar-refractivity contribution is 0.330. The van der Waals surface area contributed by atoms with Crippen LogP contribution in [0.25, 0.3) is 0 Å². The predicted molar refractivity (Wildman–Crippen MR) is 74.4 cm³/mol.